The number of carbonyl (C=O) groups excluding carboxylic acids is 3. The lowest BCUT2D eigenvalue weighted by atomic mass is 10.2. The molecule has 12 heteroatoms. The number of amides is 2. The Morgan fingerprint density at radius 2 is 1.42 bits per heavy atom. The number of anilines is 2. The van der Waals surface area contributed by atoms with Crippen molar-refractivity contribution in [2.24, 2.45) is 0 Å². The van der Waals surface area contributed by atoms with Crippen LogP contribution in [0.3, 0.4) is 0 Å². The predicted octanol–water partition coefficient (Wildman–Crippen LogP) is 6.06. The van der Waals surface area contributed by atoms with Crippen LogP contribution in [-0.4, -0.2) is 31.5 Å². The van der Waals surface area contributed by atoms with E-state index in [2.05, 4.69) is 10.6 Å². The monoisotopic (exact) mass is 550 g/mol. The van der Waals surface area contributed by atoms with Gasteiger partial charge in [-0.25, -0.2) is 0 Å². The summed E-state index contributed by atoms with van der Waals surface area (Å²) < 4.78 is 54.1. The molecule has 200 valence electrons. The van der Waals surface area contributed by atoms with Crippen molar-refractivity contribution in [1.29, 1.82) is 0 Å². The van der Waals surface area contributed by atoms with Gasteiger partial charge in [0.15, 0.2) is 6.61 Å². The van der Waals surface area contributed by atoms with E-state index in [1.807, 2.05) is 0 Å². The average Bonchev–Trinajstić information content (AvgIpc) is 2.88. The van der Waals surface area contributed by atoms with Gasteiger partial charge in [-0.05, 0) is 66.7 Å². The van der Waals surface area contributed by atoms with Crippen molar-refractivity contribution in [2.45, 2.75) is 19.0 Å². The summed E-state index contributed by atoms with van der Waals surface area (Å²) in [4.78, 5) is 36.0. The van der Waals surface area contributed by atoms with Crippen molar-refractivity contribution in [1.82, 2.24) is 0 Å². The predicted molar refractivity (Wildman–Crippen MR) is 133 cm³/mol. The minimum atomic E-state index is -4.62. The summed E-state index contributed by atoms with van der Waals surface area (Å²) in [6.45, 7) is -0.761. The van der Waals surface area contributed by atoms with Crippen molar-refractivity contribution in [3.63, 3.8) is 0 Å². The lowest BCUT2D eigenvalue weighted by molar-refractivity contribution is -0.147. The van der Waals surface area contributed by atoms with E-state index < -0.39 is 36.1 Å². The highest BCUT2D eigenvalue weighted by atomic mass is 35.5. The van der Waals surface area contributed by atoms with Gasteiger partial charge < -0.3 is 24.8 Å². The molecule has 0 aliphatic carbocycles. The van der Waals surface area contributed by atoms with Crippen molar-refractivity contribution in [3.05, 3.63) is 77.3 Å². The second-order valence-corrected chi connectivity index (χ2v) is 8.16. The van der Waals surface area contributed by atoms with Crippen molar-refractivity contribution < 1.29 is 41.8 Å². The molecule has 0 aromatic heterocycles. The molecule has 0 spiro atoms. The van der Waals surface area contributed by atoms with Gasteiger partial charge in [-0.2, -0.15) is 13.2 Å². The molecule has 3 aromatic carbocycles. The maximum atomic E-state index is 12.8. The maximum absolute atomic E-state index is 12.8. The Kier molecular flexibility index (Phi) is 9.55. The second kappa shape index (κ2) is 12.8. The Balaban J connectivity index is 1.39. The molecule has 3 rings (SSSR count). The number of ether oxygens (including phenoxy) is 3. The number of benzene rings is 3. The first-order valence-electron chi connectivity index (χ1n) is 11.1. The Morgan fingerprint density at radius 3 is 2.03 bits per heavy atom. The number of hydrogen-bond acceptors (Lipinski definition) is 6. The first-order valence-corrected chi connectivity index (χ1v) is 11.5. The number of rotatable bonds is 10. The summed E-state index contributed by atoms with van der Waals surface area (Å²) >= 11 is 5.81. The normalized spacial score (nSPS) is 10.9. The van der Waals surface area contributed by atoms with Gasteiger partial charge in [0.2, 0.25) is 5.91 Å². The van der Waals surface area contributed by atoms with E-state index in [0.717, 1.165) is 12.1 Å². The molecule has 0 bridgehead atoms. The van der Waals surface area contributed by atoms with E-state index in [9.17, 15) is 27.6 Å². The number of hydrogen-bond donors (Lipinski definition) is 2. The zero-order valence-corrected chi connectivity index (χ0v) is 20.7. The van der Waals surface area contributed by atoms with Crippen LogP contribution in [0.1, 0.15) is 18.4 Å². The highest BCUT2D eigenvalue weighted by Gasteiger charge is 2.31. The smallest absolute Gasteiger partial charge is 0.416 e. The van der Waals surface area contributed by atoms with E-state index in [-0.39, 0.29) is 23.6 Å². The first-order chi connectivity index (χ1) is 18.0. The van der Waals surface area contributed by atoms with E-state index in [1.165, 1.54) is 0 Å². The molecule has 0 radical (unpaired) electrons. The zero-order chi connectivity index (χ0) is 27.7. The Morgan fingerprint density at radius 1 is 0.816 bits per heavy atom. The van der Waals surface area contributed by atoms with Gasteiger partial charge >= 0.3 is 12.1 Å². The quantitative estimate of drug-likeness (QED) is 0.297. The third-order valence-corrected chi connectivity index (χ3v) is 5.25. The fourth-order valence-corrected chi connectivity index (χ4v) is 3.19. The number of methoxy groups -OCH3 is 1. The summed E-state index contributed by atoms with van der Waals surface area (Å²) in [5.41, 5.74) is -0.801. The molecular weight excluding hydrogens is 529 g/mol. The molecule has 0 atom stereocenters. The largest absolute Gasteiger partial charge is 0.497 e. The van der Waals surface area contributed by atoms with Crippen LogP contribution in [-0.2, 0) is 25.3 Å². The molecule has 0 aliphatic rings. The van der Waals surface area contributed by atoms with Crippen LogP contribution in [0.5, 0.6) is 17.2 Å². The Hall–Kier alpha value is -4.25. The van der Waals surface area contributed by atoms with Crippen LogP contribution in [0.25, 0.3) is 0 Å². The van der Waals surface area contributed by atoms with Gasteiger partial charge in [0.05, 0.1) is 29.8 Å². The summed E-state index contributed by atoms with van der Waals surface area (Å²) in [6.07, 6.45) is -5.16. The van der Waals surface area contributed by atoms with Gasteiger partial charge in [-0.15, -0.1) is 0 Å². The van der Waals surface area contributed by atoms with Crippen molar-refractivity contribution in [2.75, 3.05) is 24.4 Å². The minimum absolute atomic E-state index is 0.116. The number of alkyl halides is 3. The molecule has 0 fully saturated rings. The lowest BCUT2D eigenvalue weighted by Gasteiger charge is -2.12. The molecular formula is C26H22ClF3N2O6. The molecule has 3 aromatic rings. The molecule has 0 aliphatic heterocycles. The van der Waals surface area contributed by atoms with Crippen LogP contribution in [0, 0.1) is 0 Å². The van der Waals surface area contributed by atoms with E-state index in [0.29, 0.717) is 29.0 Å². The van der Waals surface area contributed by atoms with Gasteiger partial charge in [-0.3, -0.25) is 14.4 Å². The number of carbonyl (C=O) groups is 3. The van der Waals surface area contributed by atoms with Crippen molar-refractivity contribution in [3.8, 4) is 17.2 Å². The minimum Gasteiger partial charge on any atom is -0.497 e. The molecule has 0 saturated carbocycles. The Bertz CT molecular complexity index is 1280. The molecule has 0 heterocycles. The lowest BCUT2D eigenvalue weighted by Crippen LogP contribution is -2.22. The fourth-order valence-electron chi connectivity index (χ4n) is 3.03. The highest BCUT2D eigenvalue weighted by Crippen LogP contribution is 2.33. The third kappa shape index (κ3) is 8.70. The fraction of sp³-hybridized carbons (Fsp3) is 0.192. The van der Waals surface area contributed by atoms with Crippen molar-refractivity contribution >= 4 is 40.8 Å². The summed E-state index contributed by atoms with van der Waals surface area (Å²) in [5.74, 6) is -0.350. The molecule has 2 amide bonds. The second-order valence-electron chi connectivity index (χ2n) is 7.75. The van der Waals surface area contributed by atoms with Gasteiger partial charge in [0.1, 0.15) is 17.2 Å². The SMILES string of the molecule is COc1ccc(Oc2ccc(NC(=O)CCC(=O)OCC(=O)Nc3cc(C(F)(F)F)ccc3Cl)cc2)cc1. The number of esters is 1. The number of nitrogens with one attached hydrogen (secondary N) is 2. The summed E-state index contributed by atoms with van der Waals surface area (Å²) in [5, 5.41) is 4.66. The van der Waals surface area contributed by atoms with Crippen LogP contribution in [0.4, 0.5) is 24.5 Å². The van der Waals surface area contributed by atoms with Gasteiger partial charge in [0, 0.05) is 12.1 Å². The highest BCUT2D eigenvalue weighted by molar-refractivity contribution is 6.33. The molecule has 0 unspecified atom stereocenters. The van der Waals surface area contributed by atoms with Crippen LogP contribution in [0.15, 0.2) is 66.7 Å². The van der Waals surface area contributed by atoms with Crippen LogP contribution >= 0.6 is 11.6 Å². The van der Waals surface area contributed by atoms with E-state index in [4.69, 9.17) is 25.8 Å². The van der Waals surface area contributed by atoms with Gasteiger partial charge in [0.25, 0.3) is 5.91 Å². The topological polar surface area (TPSA) is 103 Å². The van der Waals surface area contributed by atoms with E-state index in [1.54, 1.807) is 55.6 Å². The van der Waals surface area contributed by atoms with Gasteiger partial charge in [-0.1, -0.05) is 11.6 Å². The maximum Gasteiger partial charge on any atom is 0.416 e. The van der Waals surface area contributed by atoms with Crippen LogP contribution in [0.2, 0.25) is 5.02 Å². The zero-order valence-electron chi connectivity index (χ0n) is 19.9. The standard InChI is InChI=1S/C26H22ClF3N2O6/c1-36-18-7-9-20(10-8-18)38-19-5-3-17(4-6-19)31-23(33)12-13-25(35)37-15-24(34)32-22-14-16(26(28,29)30)2-11-21(22)27/h2-11,14H,12-13,15H2,1H3,(H,31,33)(H,32,34). The molecule has 2 N–H and O–H groups in total. The number of halogens is 4. The summed E-state index contributed by atoms with van der Waals surface area (Å²) in [7, 11) is 1.56. The third-order valence-electron chi connectivity index (χ3n) is 4.92. The van der Waals surface area contributed by atoms with E-state index >= 15 is 0 Å². The summed E-state index contributed by atoms with van der Waals surface area (Å²) in [6, 6.07) is 16.0. The molecule has 8 nitrogen and oxygen atoms in total. The molecule has 38 heavy (non-hydrogen) atoms. The molecule has 0 saturated heterocycles. The first kappa shape index (κ1) is 28.3. The average molecular weight is 551 g/mol. The van der Waals surface area contributed by atoms with Crippen LogP contribution < -0.4 is 20.1 Å². The Labute approximate surface area is 220 Å².